The Labute approximate surface area is 81.3 Å². The minimum Gasteiger partial charge on any atom is -0.381 e. The highest BCUT2D eigenvalue weighted by molar-refractivity contribution is 4.74. The maximum atomic E-state index is 5.39. The highest BCUT2D eigenvalue weighted by Gasteiger charge is 2.21. The third-order valence-electron chi connectivity index (χ3n) is 3.42. The Hall–Kier alpha value is -0.0800. The van der Waals surface area contributed by atoms with Gasteiger partial charge in [0.1, 0.15) is 0 Å². The van der Waals surface area contributed by atoms with Gasteiger partial charge in [-0.1, -0.05) is 6.92 Å². The standard InChI is InChI=1S/C11H21NO/c1-10-2-5-12(6-3-10)8-11-4-7-13-9-11/h10-11H,2-9H2,1H3. The number of piperidine rings is 1. The molecule has 2 fully saturated rings. The molecule has 0 aromatic heterocycles. The van der Waals surface area contributed by atoms with Crippen molar-refractivity contribution in [3.63, 3.8) is 0 Å². The molecule has 2 aliphatic heterocycles. The first kappa shape index (κ1) is 9.47. The summed E-state index contributed by atoms with van der Waals surface area (Å²) in [4.78, 5) is 2.62. The van der Waals surface area contributed by atoms with Crippen molar-refractivity contribution < 1.29 is 4.74 Å². The molecule has 2 saturated heterocycles. The Balaban J connectivity index is 1.69. The van der Waals surface area contributed by atoms with Crippen LogP contribution in [0.4, 0.5) is 0 Å². The first-order valence-corrected chi connectivity index (χ1v) is 5.64. The van der Waals surface area contributed by atoms with Crippen molar-refractivity contribution in [2.75, 3.05) is 32.8 Å². The normalized spacial score (nSPS) is 32.5. The van der Waals surface area contributed by atoms with E-state index < -0.39 is 0 Å². The lowest BCUT2D eigenvalue weighted by Crippen LogP contribution is -2.36. The lowest BCUT2D eigenvalue weighted by molar-refractivity contribution is 0.144. The Morgan fingerprint density at radius 3 is 2.62 bits per heavy atom. The summed E-state index contributed by atoms with van der Waals surface area (Å²) < 4.78 is 5.39. The third-order valence-corrected chi connectivity index (χ3v) is 3.42. The average molecular weight is 183 g/mol. The highest BCUT2D eigenvalue weighted by atomic mass is 16.5. The molecule has 2 nitrogen and oxygen atoms in total. The summed E-state index contributed by atoms with van der Waals surface area (Å²) in [6, 6.07) is 0. The number of hydrogen-bond donors (Lipinski definition) is 0. The van der Waals surface area contributed by atoms with E-state index in [-0.39, 0.29) is 0 Å². The van der Waals surface area contributed by atoms with Gasteiger partial charge in [-0.15, -0.1) is 0 Å². The number of hydrogen-bond acceptors (Lipinski definition) is 2. The van der Waals surface area contributed by atoms with E-state index in [2.05, 4.69) is 11.8 Å². The van der Waals surface area contributed by atoms with Crippen LogP contribution in [0.2, 0.25) is 0 Å². The molecule has 76 valence electrons. The zero-order valence-electron chi connectivity index (χ0n) is 8.67. The van der Waals surface area contributed by atoms with Gasteiger partial charge in [-0.2, -0.15) is 0 Å². The first-order valence-electron chi connectivity index (χ1n) is 5.64. The summed E-state index contributed by atoms with van der Waals surface area (Å²) in [5.74, 6) is 1.78. The molecule has 2 heterocycles. The van der Waals surface area contributed by atoms with Crippen LogP contribution >= 0.6 is 0 Å². The third kappa shape index (κ3) is 2.68. The largest absolute Gasteiger partial charge is 0.381 e. The summed E-state index contributed by atoms with van der Waals surface area (Å²) in [6.07, 6.45) is 4.08. The summed E-state index contributed by atoms with van der Waals surface area (Å²) in [7, 11) is 0. The highest BCUT2D eigenvalue weighted by Crippen LogP contribution is 2.19. The monoisotopic (exact) mass is 183 g/mol. The molecule has 0 aromatic rings. The zero-order valence-corrected chi connectivity index (χ0v) is 8.67. The first-order chi connectivity index (χ1) is 6.34. The van der Waals surface area contributed by atoms with Crippen LogP contribution in [0.5, 0.6) is 0 Å². The van der Waals surface area contributed by atoms with E-state index in [4.69, 9.17) is 4.74 Å². The maximum Gasteiger partial charge on any atom is 0.0507 e. The van der Waals surface area contributed by atoms with Crippen molar-refractivity contribution in [3.05, 3.63) is 0 Å². The molecule has 0 aliphatic carbocycles. The molecule has 0 radical (unpaired) electrons. The number of likely N-dealkylation sites (tertiary alicyclic amines) is 1. The molecule has 0 bridgehead atoms. The van der Waals surface area contributed by atoms with Gasteiger partial charge in [-0.3, -0.25) is 0 Å². The van der Waals surface area contributed by atoms with Crippen LogP contribution in [-0.2, 0) is 4.74 Å². The fourth-order valence-corrected chi connectivity index (χ4v) is 2.34. The topological polar surface area (TPSA) is 12.5 Å². The Morgan fingerprint density at radius 1 is 1.23 bits per heavy atom. The number of nitrogens with zero attached hydrogens (tertiary/aromatic N) is 1. The second-order valence-corrected chi connectivity index (χ2v) is 4.71. The summed E-state index contributed by atoms with van der Waals surface area (Å²) >= 11 is 0. The number of ether oxygens (including phenoxy) is 1. The lowest BCUT2D eigenvalue weighted by atomic mass is 9.98. The molecule has 2 rings (SSSR count). The summed E-state index contributed by atoms with van der Waals surface area (Å²) in [6.45, 7) is 8.29. The minimum atomic E-state index is 0.827. The van der Waals surface area contributed by atoms with Crippen LogP contribution in [0.3, 0.4) is 0 Å². The van der Waals surface area contributed by atoms with Gasteiger partial charge >= 0.3 is 0 Å². The molecule has 13 heavy (non-hydrogen) atoms. The minimum absolute atomic E-state index is 0.827. The molecule has 0 aromatic carbocycles. The van der Waals surface area contributed by atoms with Crippen LogP contribution in [0, 0.1) is 11.8 Å². The molecule has 0 spiro atoms. The molecular weight excluding hydrogens is 162 g/mol. The molecule has 1 unspecified atom stereocenters. The van der Waals surface area contributed by atoms with E-state index in [1.807, 2.05) is 0 Å². The van der Waals surface area contributed by atoms with Gasteiger partial charge in [-0.25, -0.2) is 0 Å². The van der Waals surface area contributed by atoms with E-state index in [0.29, 0.717) is 0 Å². The fourth-order valence-electron chi connectivity index (χ4n) is 2.34. The van der Waals surface area contributed by atoms with Gasteiger partial charge in [0.25, 0.3) is 0 Å². The Bertz CT molecular complexity index is 146. The van der Waals surface area contributed by atoms with E-state index in [1.165, 1.54) is 38.9 Å². The molecule has 2 aliphatic rings. The smallest absolute Gasteiger partial charge is 0.0507 e. The van der Waals surface area contributed by atoms with Crippen LogP contribution in [0.25, 0.3) is 0 Å². The molecule has 1 atom stereocenters. The lowest BCUT2D eigenvalue weighted by Gasteiger charge is -2.31. The predicted octanol–water partition coefficient (Wildman–Crippen LogP) is 1.75. The van der Waals surface area contributed by atoms with Gasteiger partial charge in [0, 0.05) is 13.2 Å². The van der Waals surface area contributed by atoms with Crippen molar-refractivity contribution in [2.45, 2.75) is 26.2 Å². The zero-order chi connectivity index (χ0) is 9.10. The fraction of sp³-hybridized carbons (Fsp3) is 1.00. The van der Waals surface area contributed by atoms with Gasteiger partial charge in [-0.05, 0) is 44.2 Å². The second-order valence-electron chi connectivity index (χ2n) is 4.71. The molecular formula is C11H21NO. The summed E-state index contributed by atoms with van der Waals surface area (Å²) in [5, 5.41) is 0. The van der Waals surface area contributed by atoms with Crippen molar-refractivity contribution in [1.82, 2.24) is 4.90 Å². The summed E-state index contributed by atoms with van der Waals surface area (Å²) in [5.41, 5.74) is 0. The quantitative estimate of drug-likeness (QED) is 0.647. The molecule has 0 N–H and O–H groups in total. The van der Waals surface area contributed by atoms with E-state index >= 15 is 0 Å². The van der Waals surface area contributed by atoms with Crippen LogP contribution in [-0.4, -0.2) is 37.7 Å². The van der Waals surface area contributed by atoms with Gasteiger partial charge in [0.15, 0.2) is 0 Å². The molecule has 2 heteroatoms. The maximum absolute atomic E-state index is 5.39. The van der Waals surface area contributed by atoms with Crippen molar-refractivity contribution in [3.8, 4) is 0 Å². The van der Waals surface area contributed by atoms with E-state index in [9.17, 15) is 0 Å². The van der Waals surface area contributed by atoms with Crippen LogP contribution < -0.4 is 0 Å². The number of rotatable bonds is 2. The molecule has 0 amide bonds. The van der Waals surface area contributed by atoms with E-state index in [1.54, 1.807) is 0 Å². The van der Waals surface area contributed by atoms with Gasteiger partial charge in [0.05, 0.1) is 6.61 Å². The van der Waals surface area contributed by atoms with Crippen LogP contribution in [0.15, 0.2) is 0 Å². The van der Waals surface area contributed by atoms with Crippen molar-refractivity contribution in [2.24, 2.45) is 11.8 Å². The van der Waals surface area contributed by atoms with Gasteiger partial charge in [0.2, 0.25) is 0 Å². The predicted molar refractivity (Wildman–Crippen MR) is 53.8 cm³/mol. The Kier molecular flexibility index (Phi) is 3.23. The van der Waals surface area contributed by atoms with Crippen LogP contribution in [0.1, 0.15) is 26.2 Å². The average Bonchev–Trinajstić information content (AvgIpc) is 2.62. The Morgan fingerprint density at radius 2 is 2.00 bits per heavy atom. The SMILES string of the molecule is CC1CCN(CC2CCOC2)CC1. The molecule has 0 saturated carbocycles. The van der Waals surface area contributed by atoms with Crippen molar-refractivity contribution in [1.29, 1.82) is 0 Å². The van der Waals surface area contributed by atoms with Crippen molar-refractivity contribution >= 4 is 0 Å². The van der Waals surface area contributed by atoms with Gasteiger partial charge < -0.3 is 9.64 Å². The second kappa shape index (κ2) is 4.43. The van der Waals surface area contributed by atoms with E-state index in [0.717, 1.165) is 25.0 Å².